The molecule has 0 bridgehead atoms. The highest BCUT2D eigenvalue weighted by atomic mass is 16.5. The van der Waals surface area contributed by atoms with Crippen molar-refractivity contribution in [2.75, 3.05) is 45.9 Å². The van der Waals surface area contributed by atoms with E-state index < -0.39 is 0 Å². The average Bonchev–Trinajstić information content (AvgIpc) is 2.39. The van der Waals surface area contributed by atoms with Crippen LogP contribution < -0.4 is 5.73 Å². The monoisotopic (exact) mass is 241 g/mol. The van der Waals surface area contributed by atoms with Gasteiger partial charge in [-0.1, -0.05) is 0 Å². The Morgan fingerprint density at radius 1 is 1.24 bits per heavy atom. The van der Waals surface area contributed by atoms with E-state index in [4.69, 9.17) is 10.5 Å². The second kappa shape index (κ2) is 5.65. The van der Waals surface area contributed by atoms with Crippen LogP contribution in [0.5, 0.6) is 0 Å². The van der Waals surface area contributed by atoms with Gasteiger partial charge in [-0.05, 0) is 26.7 Å². The first kappa shape index (κ1) is 13.3. The van der Waals surface area contributed by atoms with Crippen LogP contribution in [-0.4, -0.2) is 67.3 Å². The van der Waals surface area contributed by atoms with Gasteiger partial charge < -0.3 is 10.5 Å². The van der Waals surface area contributed by atoms with Gasteiger partial charge in [0.2, 0.25) is 0 Å². The summed E-state index contributed by atoms with van der Waals surface area (Å²) in [6.07, 6.45) is 2.35. The molecule has 4 nitrogen and oxygen atoms in total. The Labute approximate surface area is 105 Å². The molecule has 2 aliphatic rings. The molecule has 0 spiro atoms. The van der Waals surface area contributed by atoms with Crippen molar-refractivity contribution in [3.8, 4) is 0 Å². The first-order valence-electron chi connectivity index (χ1n) is 6.95. The molecule has 2 rings (SSSR count). The molecule has 0 aromatic rings. The normalized spacial score (nSPS) is 33.2. The van der Waals surface area contributed by atoms with Crippen LogP contribution in [0.2, 0.25) is 0 Å². The van der Waals surface area contributed by atoms with E-state index in [0.717, 1.165) is 39.3 Å². The summed E-state index contributed by atoms with van der Waals surface area (Å²) in [5.41, 5.74) is 6.15. The molecular weight excluding hydrogens is 214 g/mol. The summed E-state index contributed by atoms with van der Waals surface area (Å²) in [5.74, 6) is 0. The van der Waals surface area contributed by atoms with Crippen molar-refractivity contribution in [1.29, 1.82) is 0 Å². The predicted molar refractivity (Wildman–Crippen MR) is 70.1 cm³/mol. The van der Waals surface area contributed by atoms with Crippen LogP contribution in [0.25, 0.3) is 0 Å². The molecule has 0 saturated carbocycles. The Bertz CT molecular complexity index is 231. The number of piperazine rings is 1. The first-order valence-corrected chi connectivity index (χ1v) is 6.95. The Kier molecular flexibility index (Phi) is 4.42. The molecule has 1 unspecified atom stereocenters. The Balaban J connectivity index is 1.93. The molecule has 2 saturated heterocycles. The van der Waals surface area contributed by atoms with E-state index in [-0.39, 0.29) is 5.54 Å². The van der Waals surface area contributed by atoms with Crippen molar-refractivity contribution in [2.45, 2.75) is 38.3 Å². The highest BCUT2D eigenvalue weighted by Gasteiger charge is 2.39. The molecule has 100 valence electrons. The van der Waals surface area contributed by atoms with Crippen molar-refractivity contribution in [3.63, 3.8) is 0 Å². The molecule has 0 amide bonds. The standard InChI is InChI=1S/C13H27N3O/c1-12(2)15-5-7-16(8-6-15)13(10-14)4-3-9-17-11-13/h12H,3-11,14H2,1-2H3. The smallest absolute Gasteiger partial charge is 0.0662 e. The lowest BCUT2D eigenvalue weighted by Crippen LogP contribution is -2.63. The van der Waals surface area contributed by atoms with Gasteiger partial charge in [0.25, 0.3) is 0 Å². The highest BCUT2D eigenvalue weighted by Crippen LogP contribution is 2.26. The second-order valence-electron chi connectivity index (χ2n) is 5.70. The quantitative estimate of drug-likeness (QED) is 0.782. The van der Waals surface area contributed by atoms with Crippen molar-refractivity contribution in [3.05, 3.63) is 0 Å². The van der Waals surface area contributed by atoms with Crippen molar-refractivity contribution in [1.82, 2.24) is 9.80 Å². The van der Waals surface area contributed by atoms with Crippen LogP contribution >= 0.6 is 0 Å². The van der Waals surface area contributed by atoms with Gasteiger partial charge in [0, 0.05) is 45.4 Å². The maximum Gasteiger partial charge on any atom is 0.0662 e. The van der Waals surface area contributed by atoms with E-state index in [2.05, 4.69) is 23.6 Å². The van der Waals surface area contributed by atoms with Crippen LogP contribution in [0.4, 0.5) is 0 Å². The number of rotatable bonds is 3. The van der Waals surface area contributed by atoms with E-state index in [1.165, 1.54) is 19.5 Å². The molecular formula is C13H27N3O. The number of nitrogens with two attached hydrogens (primary N) is 1. The van der Waals surface area contributed by atoms with Crippen molar-refractivity contribution in [2.24, 2.45) is 5.73 Å². The van der Waals surface area contributed by atoms with Crippen molar-refractivity contribution < 1.29 is 4.74 Å². The molecule has 2 heterocycles. The van der Waals surface area contributed by atoms with E-state index in [1.807, 2.05) is 0 Å². The van der Waals surface area contributed by atoms with E-state index in [0.29, 0.717) is 6.04 Å². The summed E-state index contributed by atoms with van der Waals surface area (Å²) in [6, 6.07) is 0.661. The summed E-state index contributed by atoms with van der Waals surface area (Å²) in [4.78, 5) is 5.12. The maximum absolute atomic E-state index is 6.03. The fourth-order valence-electron chi connectivity index (χ4n) is 3.09. The summed E-state index contributed by atoms with van der Waals surface area (Å²) < 4.78 is 5.67. The lowest BCUT2D eigenvalue weighted by molar-refractivity contribution is -0.0636. The summed E-state index contributed by atoms with van der Waals surface area (Å²) in [6.45, 7) is 11.6. The molecule has 2 aliphatic heterocycles. The number of hydrogen-bond donors (Lipinski definition) is 1. The minimum absolute atomic E-state index is 0.126. The molecule has 0 aromatic heterocycles. The molecule has 0 aliphatic carbocycles. The van der Waals surface area contributed by atoms with Gasteiger partial charge in [0.15, 0.2) is 0 Å². The fourth-order valence-corrected chi connectivity index (χ4v) is 3.09. The van der Waals surface area contributed by atoms with Gasteiger partial charge in [0.05, 0.1) is 12.1 Å². The van der Waals surface area contributed by atoms with Crippen LogP contribution in [0.15, 0.2) is 0 Å². The van der Waals surface area contributed by atoms with Crippen LogP contribution in [0.3, 0.4) is 0 Å². The van der Waals surface area contributed by atoms with E-state index >= 15 is 0 Å². The summed E-state index contributed by atoms with van der Waals surface area (Å²) >= 11 is 0. The zero-order valence-electron chi connectivity index (χ0n) is 11.3. The zero-order chi connectivity index (χ0) is 12.3. The van der Waals surface area contributed by atoms with Gasteiger partial charge in [-0.15, -0.1) is 0 Å². The maximum atomic E-state index is 6.03. The minimum Gasteiger partial charge on any atom is -0.379 e. The van der Waals surface area contributed by atoms with Gasteiger partial charge >= 0.3 is 0 Å². The molecule has 0 radical (unpaired) electrons. The Hall–Kier alpha value is -0.160. The average molecular weight is 241 g/mol. The van der Waals surface area contributed by atoms with Gasteiger partial charge in [-0.25, -0.2) is 0 Å². The van der Waals surface area contributed by atoms with Gasteiger partial charge in [-0.2, -0.15) is 0 Å². The molecule has 17 heavy (non-hydrogen) atoms. The number of hydrogen-bond acceptors (Lipinski definition) is 4. The first-order chi connectivity index (χ1) is 8.18. The molecule has 2 fully saturated rings. The van der Waals surface area contributed by atoms with E-state index in [1.54, 1.807) is 0 Å². The third-order valence-corrected chi connectivity index (χ3v) is 4.40. The lowest BCUT2D eigenvalue weighted by atomic mass is 9.89. The zero-order valence-corrected chi connectivity index (χ0v) is 11.3. The molecule has 4 heteroatoms. The number of nitrogens with zero attached hydrogens (tertiary/aromatic N) is 2. The topological polar surface area (TPSA) is 41.7 Å². The van der Waals surface area contributed by atoms with Gasteiger partial charge in [0.1, 0.15) is 0 Å². The third kappa shape index (κ3) is 2.81. The predicted octanol–water partition coefficient (Wildman–Crippen LogP) is 0.520. The number of ether oxygens (including phenoxy) is 1. The van der Waals surface area contributed by atoms with Crippen molar-refractivity contribution >= 4 is 0 Å². The third-order valence-electron chi connectivity index (χ3n) is 4.40. The minimum atomic E-state index is 0.126. The fraction of sp³-hybridized carbons (Fsp3) is 1.00. The second-order valence-corrected chi connectivity index (χ2v) is 5.70. The Morgan fingerprint density at radius 3 is 2.41 bits per heavy atom. The van der Waals surface area contributed by atoms with Gasteiger partial charge in [-0.3, -0.25) is 9.80 Å². The molecule has 0 aromatic carbocycles. The Morgan fingerprint density at radius 2 is 1.94 bits per heavy atom. The highest BCUT2D eigenvalue weighted by molar-refractivity contribution is 4.95. The largest absolute Gasteiger partial charge is 0.379 e. The molecule has 2 N–H and O–H groups in total. The lowest BCUT2D eigenvalue weighted by Gasteiger charge is -2.49. The summed E-state index contributed by atoms with van der Waals surface area (Å²) in [5, 5.41) is 0. The van der Waals surface area contributed by atoms with Crippen LogP contribution in [0.1, 0.15) is 26.7 Å². The SMILES string of the molecule is CC(C)N1CCN(C2(CN)CCCOC2)CC1. The molecule has 1 atom stereocenters. The summed E-state index contributed by atoms with van der Waals surface area (Å²) in [7, 11) is 0. The van der Waals surface area contributed by atoms with E-state index in [9.17, 15) is 0 Å². The van der Waals surface area contributed by atoms with Crippen LogP contribution in [-0.2, 0) is 4.74 Å². The van der Waals surface area contributed by atoms with Crippen LogP contribution in [0, 0.1) is 0 Å².